The summed E-state index contributed by atoms with van der Waals surface area (Å²) in [5.74, 6) is 3.42. The Hall–Kier alpha value is -0.400. The molecule has 4 fully saturated rings. The van der Waals surface area contributed by atoms with Crippen LogP contribution in [0, 0.1) is 11.8 Å². The van der Waals surface area contributed by atoms with Crippen LogP contribution in [0.25, 0.3) is 12.2 Å². The first-order valence-electron chi connectivity index (χ1n) is 14.1. The summed E-state index contributed by atoms with van der Waals surface area (Å²) < 4.78 is 7.23. The monoisotopic (exact) mass is 612 g/mol. The Morgan fingerprint density at radius 1 is 0.556 bits per heavy atom. The number of allylic oxidation sites excluding steroid dienone is 2. The first kappa shape index (κ1) is 25.9. The van der Waals surface area contributed by atoms with E-state index >= 15 is 0 Å². The quantitative estimate of drug-likeness (QED) is 0.285. The van der Waals surface area contributed by atoms with Crippen molar-refractivity contribution in [2.24, 2.45) is 11.8 Å². The molecule has 0 bridgehead atoms. The summed E-state index contributed by atoms with van der Waals surface area (Å²) in [5.41, 5.74) is 14.0. The fourth-order valence-corrected chi connectivity index (χ4v) is 27.6. The van der Waals surface area contributed by atoms with Crippen LogP contribution in [0.15, 0.2) is 47.5 Å². The zero-order valence-electron chi connectivity index (χ0n) is 21.8. The first-order valence-corrected chi connectivity index (χ1v) is 27.8. The van der Waals surface area contributed by atoms with Crippen molar-refractivity contribution in [2.45, 2.75) is 79.7 Å². The van der Waals surface area contributed by atoms with Crippen molar-refractivity contribution in [2.75, 3.05) is 0 Å². The van der Waals surface area contributed by atoms with Gasteiger partial charge in [0.25, 0.3) is 0 Å². The minimum absolute atomic E-state index is 0. The molecule has 0 saturated heterocycles. The molecule has 6 aliphatic carbocycles. The molecule has 0 aliphatic heterocycles. The molecule has 0 N–H and O–H groups in total. The topological polar surface area (TPSA) is 0 Å². The van der Waals surface area contributed by atoms with Crippen molar-refractivity contribution in [1.29, 1.82) is 0 Å². The van der Waals surface area contributed by atoms with Gasteiger partial charge in [0.1, 0.15) is 0 Å². The van der Waals surface area contributed by atoms with Crippen LogP contribution in [0.5, 0.6) is 0 Å². The molecule has 2 atom stereocenters. The summed E-state index contributed by atoms with van der Waals surface area (Å²) >= 11 is -3.38. The van der Waals surface area contributed by atoms with E-state index in [1.165, 1.54) is 51.4 Å². The van der Waals surface area contributed by atoms with Gasteiger partial charge >= 0.3 is 209 Å². The molecule has 2 aromatic rings. The normalized spacial score (nSPS) is 26.9. The van der Waals surface area contributed by atoms with Crippen molar-refractivity contribution >= 4 is 43.8 Å². The van der Waals surface area contributed by atoms with Gasteiger partial charge in [-0.15, -0.1) is 24.8 Å². The molecule has 8 rings (SSSR count). The summed E-state index contributed by atoms with van der Waals surface area (Å²) in [4.78, 5) is 0. The molecular weight excluding hydrogens is 575 g/mol. The third kappa shape index (κ3) is 3.91. The van der Waals surface area contributed by atoms with Crippen molar-refractivity contribution in [3.05, 3.63) is 80.9 Å². The van der Waals surface area contributed by atoms with E-state index < -0.39 is 17.4 Å². The van der Waals surface area contributed by atoms with E-state index in [-0.39, 0.29) is 24.8 Å². The van der Waals surface area contributed by atoms with Gasteiger partial charge < -0.3 is 0 Å². The summed E-state index contributed by atoms with van der Waals surface area (Å²) in [7, 11) is 0. The van der Waals surface area contributed by atoms with E-state index in [4.69, 9.17) is 0 Å². The Balaban J connectivity index is 0.00000120. The predicted molar refractivity (Wildman–Crippen MR) is 158 cm³/mol. The third-order valence-corrected chi connectivity index (χ3v) is 27.6. The Bertz CT molecular complexity index is 1280. The van der Waals surface area contributed by atoms with Gasteiger partial charge in [-0.1, -0.05) is 0 Å². The van der Waals surface area contributed by atoms with Gasteiger partial charge in [-0.05, 0) is 0 Å². The standard InChI is InChI=1S/2C15H15.2CH3.2ClH.H2Si.Zr/c2*1-2-12-8-13(10-4-5-10)9-15(12)14(3-1)11-6-7-11;;;;;;/h2*1-3,8-11H,4-7H2;2*1H3;2*1H;1H2;. The van der Waals surface area contributed by atoms with Gasteiger partial charge in [-0.3, -0.25) is 0 Å². The van der Waals surface area contributed by atoms with Crippen LogP contribution in [0.3, 0.4) is 0 Å². The molecule has 2 aromatic carbocycles. The maximum atomic E-state index is 2.87. The van der Waals surface area contributed by atoms with Crippen LogP contribution in [0.2, 0.25) is 9.26 Å². The second-order valence-corrected chi connectivity index (χ2v) is 44.4. The van der Waals surface area contributed by atoms with Gasteiger partial charge in [0.15, 0.2) is 0 Å². The van der Waals surface area contributed by atoms with E-state index in [0.717, 1.165) is 30.9 Å². The Morgan fingerprint density at radius 2 is 0.889 bits per heavy atom. The molecule has 6 aliphatic rings. The first-order chi connectivity index (χ1) is 16.4. The Morgan fingerprint density at radius 3 is 1.22 bits per heavy atom. The zero-order chi connectivity index (χ0) is 22.8. The second kappa shape index (κ2) is 8.55. The number of benzene rings is 2. The fraction of sp³-hybridized carbons (Fsp3) is 0.500. The van der Waals surface area contributed by atoms with Gasteiger partial charge in [0.05, 0.1) is 0 Å². The molecule has 4 saturated carbocycles. The van der Waals surface area contributed by atoms with Crippen LogP contribution in [-0.2, 0) is 17.4 Å². The minimum atomic E-state index is -3.38. The van der Waals surface area contributed by atoms with Crippen molar-refractivity contribution in [1.82, 2.24) is 0 Å². The van der Waals surface area contributed by atoms with Crippen molar-refractivity contribution in [3.63, 3.8) is 0 Å². The second-order valence-electron chi connectivity index (χ2n) is 13.9. The molecule has 0 aromatic heterocycles. The molecule has 190 valence electrons. The van der Waals surface area contributed by atoms with E-state index in [1.807, 2.05) is 11.1 Å². The summed E-state index contributed by atoms with van der Waals surface area (Å²) in [6, 6.07) is 14.9. The number of fused-ring (bicyclic) bond motifs is 2. The van der Waals surface area contributed by atoms with E-state index in [0.29, 0.717) is 0 Å². The summed E-state index contributed by atoms with van der Waals surface area (Å²) in [6.07, 6.45) is 16.9. The van der Waals surface area contributed by atoms with E-state index in [2.05, 4.69) is 64.7 Å². The van der Waals surface area contributed by atoms with Gasteiger partial charge in [0, 0.05) is 0 Å². The van der Waals surface area contributed by atoms with Crippen molar-refractivity contribution < 1.29 is 17.4 Å². The van der Waals surface area contributed by atoms with E-state index in [9.17, 15) is 0 Å². The van der Waals surface area contributed by atoms with Gasteiger partial charge in [-0.25, -0.2) is 0 Å². The van der Waals surface area contributed by atoms with E-state index in [1.54, 1.807) is 33.4 Å². The average molecular weight is 615 g/mol. The molecular formula is C32H40Cl2SiZr. The maximum absolute atomic E-state index is 3.38. The summed E-state index contributed by atoms with van der Waals surface area (Å²) in [6.45, 7) is 2.57. The molecule has 0 radical (unpaired) electrons. The van der Waals surface area contributed by atoms with Gasteiger partial charge in [-0.2, -0.15) is 0 Å². The Kier molecular flexibility index (Phi) is 6.14. The van der Waals surface area contributed by atoms with Crippen LogP contribution in [0.1, 0.15) is 104 Å². The van der Waals surface area contributed by atoms with Crippen molar-refractivity contribution in [3.8, 4) is 0 Å². The molecule has 0 nitrogen and oxygen atoms in total. The number of rotatable bonds is 6. The number of hydrogen-bond acceptors (Lipinski definition) is 0. The molecule has 36 heavy (non-hydrogen) atoms. The number of hydrogen-bond donors (Lipinski definition) is 0. The molecule has 0 heterocycles. The van der Waals surface area contributed by atoms with Crippen LogP contribution < -0.4 is 0 Å². The third-order valence-electron chi connectivity index (χ3n) is 10.3. The molecule has 0 amide bonds. The Labute approximate surface area is 232 Å². The predicted octanol–water partition coefficient (Wildman–Crippen LogP) is 9.02. The average Bonchev–Trinajstić information content (AvgIpc) is 3.65. The van der Waals surface area contributed by atoms with Crippen LogP contribution in [0.4, 0.5) is 0 Å². The zero-order valence-corrected chi connectivity index (χ0v) is 27.3. The van der Waals surface area contributed by atoms with Crippen LogP contribution in [-0.4, -0.2) is 6.88 Å². The molecule has 0 spiro atoms. The molecule has 4 heteroatoms. The molecule has 2 unspecified atom stereocenters. The fourth-order valence-electron chi connectivity index (χ4n) is 8.22. The van der Waals surface area contributed by atoms with Gasteiger partial charge in [0.2, 0.25) is 0 Å². The summed E-state index contributed by atoms with van der Waals surface area (Å²) in [5, 5.41) is 0. The SMILES string of the molecule is Cl.Cl.[CH3][Zr]([CH3])(=[SiH2])([CH]1C(C2CC2)=Cc2c(C3CC3)cccc21)[CH]1C(C2CC2)=Cc2c(C3CC3)cccc21. The van der Waals surface area contributed by atoms with Crippen LogP contribution >= 0.6 is 24.8 Å². The number of halogens is 2.